The number of carbonyl (C=O) groups is 1. The molecule has 0 bridgehead atoms. The summed E-state index contributed by atoms with van der Waals surface area (Å²) in [6.07, 6.45) is 12.2. The number of hydrogen-bond donors (Lipinski definition) is 2. The third kappa shape index (κ3) is 9.83. The molecule has 0 radical (unpaired) electrons. The van der Waals surface area contributed by atoms with Crippen molar-refractivity contribution in [2.75, 3.05) is 20.3 Å². The number of carbonyl (C=O) groups excluding carboxylic acids is 1. The van der Waals surface area contributed by atoms with Crippen LogP contribution in [0.1, 0.15) is 67.4 Å². The van der Waals surface area contributed by atoms with Gasteiger partial charge in [-0.05, 0) is 62.3 Å². The lowest BCUT2D eigenvalue weighted by atomic mass is 9.94. The molecule has 7 heteroatoms. The Morgan fingerprint density at radius 2 is 1.98 bits per heavy atom. The highest BCUT2D eigenvalue weighted by atomic mass is 16.5. The Morgan fingerprint density at radius 3 is 2.65 bits per heavy atom. The van der Waals surface area contributed by atoms with Gasteiger partial charge in [-0.15, -0.1) is 0 Å². The molecule has 0 spiro atoms. The highest BCUT2D eigenvalue weighted by molar-refractivity contribution is 5.96. The number of ketones is 1. The van der Waals surface area contributed by atoms with Crippen LogP contribution in [-0.4, -0.2) is 40.9 Å². The minimum atomic E-state index is 0.156. The zero-order valence-corrected chi connectivity index (χ0v) is 25.7. The first-order chi connectivity index (χ1) is 20.8. The maximum Gasteiger partial charge on any atom is 0.162 e. The van der Waals surface area contributed by atoms with Gasteiger partial charge in [0.15, 0.2) is 5.78 Å². The van der Waals surface area contributed by atoms with Crippen LogP contribution in [0.5, 0.6) is 5.75 Å². The molecule has 3 rings (SSSR count). The summed E-state index contributed by atoms with van der Waals surface area (Å²) in [5.41, 5.74) is 5.55. The van der Waals surface area contributed by atoms with E-state index < -0.39 is 0 Å². The Bertz CT molecular complexity index is 1510. The summed E-state index contributed by atoms with van der Waals surface area (Å²) in [5, 5.41) is 28.5. The quantitative estimate of drug-likeness (QED) is 0.0698. The lowest BCUT2D eigenvalue weighted by Crippen LogP contribution is -2.17. The smallest absolute Gasteiger partial charge is 0.162 e. The SMILES string of the molecule is C=C/C(C#N)=C\C=C(/C)Cc1ccc(C(=O)CCCC(CCC)Cn2cc3c(O)c(C(=C)NCCOC)ccc3n2)cc1. The number of phenols is 1. The van der Waals surface area contributed by atoms with E-state index >= 15 is 0 Å². The van der Waals surface area contributed by atoms with Crippen molar-refractivity contribution >= 4 is 22.4 Å². The molecule has 0 aliphatic heterocycles. The molecule has 3 aromatic rings. The summed E-state index contributed by atoms with van der Waals surface area (Å²) < 4.78 is 6.99. The van der Waals surface area contributed by atoms with Crippen LogP contribution >= 0.6 is 0 Å². The predicted molar refractivity (Wildman–Crippen MR) is 175 cm³/mol. The van der Waals surface area contributed by atoms with Crippen molar-refractivity contribution < 1.29 is 14.6 Å². The van der Waals surface area contributed by atoms with E-state index in [1.54, 1.807) is 13.2 Å². The fraction of sp³-hybridized carbons (Fsp3) is 0.361. The number of aromatic nitrogens is 2. The second kappa shape index (κ2) is 16.9. The topological polar surface area (TPSA) is 100 Å². The number of ether oxygens (including phenoxy) is 1. The molecule has 0 saturated heterocycles. The number of phenolic OH excluding ortho intramolecular Hbond substituents is 1. The highest BCUT2D eigenvalue weighted by Crippen LogP contribution is 2.32. The van der Waals surface area contributed by atoms with Crippen molar-refractivity contribution in [3.63, 3.8) is 0 Å². The van der Waals surface area contributed by atoms with Crippen LogP contribution in [0.4, 0.5) is 0 Å². The van der Waals surface area contributed by atoms with Gasteiger partial charge in [-0.2, -0.15) is 10.4 Å². The second-order valence-corrected chi connectivity index (χ2v) is 10.9. The number of nitrogens with one attached hydrogen (secondary N) is 1. The van der Waals surface area contributed by atoms with Crippen LogP contribution in [0.2, 0.25) is 0 Å². The van der Waals surface area contributed by atoms with Crippen LogP contribution < -0.4 is 5.32 Å². The molecule has 226 valence electrons. The molecular weight excluding hydrogens is 536 g/mol. The van der Waals surface area contributed by atoms with Crippen LogP contribution in [-0.2, 0) is 17.7 Å². The monoisotopic (exact) mass is 580 g/mol. The first kappa shape index (κ1) is 33.1. The predicted octanol–water partition coefficient (Wildman–Crippen LogP) is 7.54. The van der Waals surface area contributed by atoms with Gasteiger partial charge in [0.2, 0.25) is 0 Å². The van der Waals surface area contributed by atoms with Gasteiger partial charge in [-0.25, -0.2) is 0 Å². The lowest BCUT2D eigenvalue weighted by Gasteiger charge is -2.16. The summed E-state index contributed by atoms with van der Waals surface area (Å²) in [6, 6.07) is 13.7. The van der Waals surface area contributed by atoms with Gasteiger partial charge in [-0.1, -0.05) is 68.5 Å². The summed E-state index contributed by atoms with van der Waals surface area (Å²) in [6.45, 7) is 13.8. The van der Waals surface area contributed by atoms with Crippen LogP contribution in [0.15, 0.2) is 85.1 Å². The first-order valence-electron chi connectivity index (χ1n) is 14.9. The maximum atomic E-state index is 12.9. The van der Waals surface area contributed by atoms with Crippen molar-refractivity contribution in [2.45, 2.75) is 58.9 Å². The number of Topliss-reactive ketones (excluding diaryl/α,β-unsaturated/α-hetero) is 1. The van der Waals surface area contributed by atoms with Crippen molar-refractivity contribution in [2.24, 2.45) is 5.92 Å². The molecule has 7 nitrogen and oxygen atoms in total. The third-order valence-electron chi connectivity index (χ3n) is 7.49. The minimum absolute atomic E-state index is 0.156. The molecule has 0 amide bonds. The molecule has 0 aliphatic carbocycles. The van der Waals surface area contributed by atoms with Crippen molar-refractivity contribution in [1.29, 1.82) is 5.26 Å². The number of nitrogens with zero attached hydrogens (tertiary/aromatic N) is 3. The molecule has 2 N–H and O–H groups in total. The van der Waals surface area contributed by atoms with Gasteiger partial charge in [0.25, 0.3) is 0 Å². The highest BCUT2D eigenvalue weighted by Gasteiger charge is 2.16. The van der Waals surface area contributed by atoms with Gasteiger partial charge in [0, 0.05) is 49.6 Å². The first-order valence-corrected chi connectivity index (χ1v) is 14.9. The number of methoxy groups -OCH3 is 1. The van der Waals surface area contributed by atoms with Gasteiger partial charge in [0.1, 0.15) is 5.75 Å². The number of nitriles is 1. The van der Waals surface area contributed by atoms with Crippen molar-refractivity contribution in [3.8, 4) is 11.8 Å². The Hall–Kier alpha value is -4.41. The summed E-state index contributed by atoms with van der Waals surface area (Å²) in [5.74, 6) is 0.711. The number of benzene rings is 2. The van der Waals surface area contributed by atoms with E-state index in [1.807, 2.05) is 60.3 Å². The molecule has 43 heavy (non-hydrogen) atoms. The van der Waals surface area contributed by atoms with E-state index in [9.17, 15) is 9.90 Å². The molecule has 0 fully saturated rings. The molecule has 1 unspecified atom stereocenters. The molecule has 2 aromatic carbocycles. The summed E-state index contributed by atoms with van der Waals surface area (Å²) in [7, 11) is 1.64. The third-order valence-corrected chi connectivity index (χ3v) is 7.49. The molecule has 0 aliphatic rings. The normalized spacial score (nSPS) is 12.6. The number of allylic oxidation sites excluding steroid dienone is 5. The Morgan fingerprint density at radius 1 is 1.21 bits per heavy atom. The Labute approximate surface area is 255 Å². The van der Waals surface area contributed by atoms with Crippen molar-refractivity contribution in [3.05, 3.63) is 102 Å². The van der Waals surface area contributed by atoms with Gasteiger partial charge >= 0.3 is 0 Å². The summed E-state index contributed by atoms with van der Waals surface area (Å²) >= 11 is 0. The van der Waals surface area contributed by atoms with E-state index in [0.29, 0.717) is 47.7 Å². The molecule has 1 aromatic heterocycles. The number of fused-ring (bicyclic) bond motifs is 1. The van der Waals surface area contributed by atoms with Crippen molar-refractivity contribution in [1.82, 2.24) is 15.1 Å². The summed E-state index contributed by atoms with van der Waals surface area (Å²) in [4.78, 5) is 12.9. The van der Waals surface area contributed by atoms with E-state index in [2.05, 4.69) is 31.5 Å². The number of hydrogen-bond acceptors (Lipinski definition) is 6. The van der Waals surface area contributed by atoms with E-state index in [1.165, 1.54) is 6.08 Å². The fourth-order valence-corrected chi connectivity index (χ4v) is 5.13. The fourth-order valence-electron chi connectivity index (χ4n) is 5.13. The van der Waals surface area contributed by atoms with Gasteiger partial charge in [0.05, 0.1) is 29.2 Å². The molecule has 1 atom stereocenters. The standard InChI is InChI=1S/C36H44N4O3/c1-6-9-30(24-40-25-33-34(39-40)19-18-32(36(33)42)27(4)38-20-21-43-5)10-8-11-35(41)31-16-14-29(15-17-31)22-26(3)12-13-28(7-2)23-37/h7,12-19,25,30,38,42H,2,4,6,8-11,20-22,24H2,1,3,5H3/b26-12+,28-13+. The zero-order chi connectivity index (χ0) is 31.2. The lowest BCUT2D eigenvalue weighted by molar-refractivity contribution is 0.0977. The van der Waals surface area contributed by atoms with Crippen LogP contribution in [0, 0.1) is 17.2 Å². The molecule has 1 heterocycles. The van der Waals surface area contributed by atoms with E-state index in [-0.39, 0.29) is 11.5 Å². The van der Waals surface area contributed by atoms with E-state index in [4.69, 9.17) is 15.1 Å². The second-order valence-electron chi connectivity index (χ2n) is 10.9. The zero-order valence-electron chi connectivity index (χ0n) is 25.7. The number of rotatable bonds is 18. The Balaban J connectivity index is 1.56. The maximum absolute atomic E-state index is 12.9. The Kier molecular flexibility index (Phi) is 13.0. The van der Waals surface area contributed by atoms with E-state index in [0.717, 1.165) is 60.9 Å². The average Bonchev–Trinajstić information content (AvgIpc) is 3.42. The molecular formula is C36H44N4O3. The van der Waals surface area contributed by atoms with Gasteiger partial charge < -0.3 is 15.2 Å². The largest absolute Gasteiger partial charge is 0.506 e. The number of aromatic hydroxyl groups is 1. The van der Waals surface area contributed by atoms with Gasteiger partial charge in [-0.3, -0.25) is 9.48 Å². The minimum Gasteiger partial charge on any atom is -0.506 e. The van der Waals surface area contributed by atoms with Crippen LogP contribution in [0.3, 0.4) is 0 Å². The van der Waals surface area contributed by atoms with Crippen LogP contribution in [0.25, 0.3) is 16.6 Å². The molecule has 0 saturated carbocycles. The average molecular weight is 581 g/mol.